The summed E-state index contributed by atoms with van der Waals surface area (Å²) in [6, 6.07) is 18.7. The van der Waals surface area contributed by atoms with Crippen LogP contribution in [0.1, 0.15) is 20.0 Å². The second kappa shape index (κ2) is 8.93. The van der Waals surface area contributed by atoms with E-state index >= 15 is 0 Å². The van der Waals surface area contributed by atoms with Gasteiger partial charge in [0.2, 0.25) is 0 Å². The van der Waals surface area contributed by atoms with Crippen LogP contribution >= 0.6 is 11.3 Å². The normalized spacial score (nSPS) is 10.5. The number of nitrogens with one attached hydrogen (secondary N) is 1. The predicted molar refractivity (Wildman–Crippen MR) is 125 cm³/mol. The Hall–Kier alpha value is -4.50. The number of rotatable bonds is 6. The highest BCUT2D eigenvalue weighted by atomic mass is 32.1. The quantitative estimate of drug-likeness (QED) is 0.267. The molecule has 0 radical (unpaired) electrons. The van der Waals surface area contributed by atoms with E-state index in [1.807, 2.05) is 0 Å². The average Bonchev–Trinajstić information content (AvgIpc) is 3.29. The molecule has 0 aliphatic heterocycles. The lowest BCUT2D eigenvalue weighted by Gasteiger charge is -2.12. The molecule has 0 unspecified atom stereocenters. The van der Waals surface area contributed by atoms with E-state index in [9.17, 15) is 29.8 Å². The highest BCUT2D eigenvalue weighted by molar-refractivity contribution is 7.17. The molecule has 1 amide bonds. The zero-order chi connectivity index (χ0) is 23.5. The fraction of sp³-hybridized carbons (Fsp3) is 0. The summed E-state index contributed by atoms with van der Waals surface area (Å²) in [6.45, 7) is 0. The number of aromatic carboxylic acids is 1. The van der Waals surface area contributed by atoms with Crippen LogP contribution in [0.25, 0.3) is 21.6 Å². The SMILES string of the molecule is O=Nc1cc(O)c(-c2cccc(C(=O)Nc3ccccc3-c3ccc(C(=O)O)s3)c2)c(O)c1. The fourth-order valence-corrected chi connectivity index (χ4v) is 4.25. The van der Waals surface area contributed by atoms with Crippen molar-refractivity contribution in [2.45, 2.75) is 0 Å². The van der Waals surface area contributed by atoms with E-state index in [1.54, 1.807) is 48.5 Å². The summed E-state index contributed by atoms with van der Waals surface area (Å²) in [5.41, 5.74) is 1.74. The van der Waals surface area contributed by atoms with Crippen molar-refractivity contribution in [3.63, 3.8) is 0 Å². The molecule has 3 aromatic carbocycles. The molecule has 0 aliphatic rings. The van der Waals surface area contributed by atoms with Crippen LogP contribution < -0.4 is 5.32 Å². The van der Waals surface area contributed by atoms with Crippen molar-refractivity contribution in [1.82, 2.24) is 0 Å². The van der Waals surface area contributed by atoms with Crippen LogP contribution in [-0.4, -0.2) is 27.2 Å². The summed E-state index contributed by atoms with van der Waals surface area (Å²) in [6.07, 6.45) is 0. The molecule has 0 aliphatic carbocycles. The standard InChI is InChI=1S/C24H16N2O6S/c27-18-11-15(26-32)12-19(28)22(18)13-4-3-5-14(10-13)23(29)25-17-7-2-1-6-16(17)20-8-9-21(33-20)24(30)31/h1-12,27-28H,(H,25,29)(H,30,31). The number of para-hydroxylation sites is 1. The van der Waals surface area contributed by atoms with Crippen LogP contribution in [0.4, 0.5) is 11.4 Å². The monoisotopic (exact) mass is 460 g/mol. The smallest absolute Gasteiger partial charge is 0.345 e. The third-order valence-corrected chi connectivity index (χ3v) is 5.96. The second-order valence-electron chi connectivity index (χ2n) is 7.00. The van der Waals surface area contributed by atoms with Gasteiger partial charge in [-0.15, -0.1) is 16.2 Å². The Morgan fingerprint density at radius 3 is 2.27 bits per heavy atom. The van der Waals surface area contributed by atoms with Crippen LogP contribution in [0.3, 0.4) is 0 Å². The zero-order valence-electron chi connectivity index (χ0n) is 16.9. The molecule has 4 N–H and O–H groups in total. The van der Waals surface area contributed by atoms with Gasteiger partial charge in [-0.05, 0) is 41.1 Å². The Morgan fingerprint density at radius 1 is 0.879 bits per heavy atom. The van der Waals surface area contributed by atoms with Gasteiger partial charge < -0.3 is 20.6 Å². The van der Waals surface area contributed by atoms with Crippen molar-refractivity contribution >= 4 is 34.6 Å². The van der Waals surface area contributed by atoms with E-state index in [1.165, 1.54) is 12.1 Å². The maximum Gasteiger partial charge on any atom is 0.345 e. The number of benzene rings is 3. The Balaban J connectivity index is 1.65. The Kier molecular flexibility index (Phi) is 5.88. The van der Waals surface area contributed by atoms with Crippen LogP contribution in [-0.2, 0) is 0 Å². The molecule has 0 saturated heterocycles. The van der Waals surface area contributed by atoms with Crippen LogP contribution in [0.15, 0.2) is 78.0 Å². The minimum absolute atomic E-state index is 0.0669. The Labute approximate surface area is 191 Å². The lowest BCUT2D eigenvalue weighted by Crippen LogP contribution is -2.12. The predicted octanol–water partition coefficient (Wildman–Crippen LogP) is 5.84. The molecule has 164 valence electrons. The first-order valence-electron chi connectivity index (χ1n) is 9.61. The van der Waals surface area contributed by atoms with Gasteiger partial charge in [-0.25, -0.2) is 4.79 Å². The molecule has 0 fully saturated rings. The van der Waals surface area contributed by atoms with Gasteiger partial charge in [0.25, 0.3) is 5.91 Å². The van der Waals surface area contributed by atoms with Gasteiger partial charge in [0.1, 0.15) is 22.1 Å². The molecule has 4 aromatic rings. The number of hydrogen-bond donors (Lipinski definition) is 4. The van der Waals surface area contributed by atoms with Crippen LogP contribution in [0, 0.1) is 4.91 Å². The number of amides is 1. The molecule has 0 bridgehead atoms. The van der Waals surface area contributed by atoms with Crippen LogP contribution in [0.5, 0.6) is 11.5 Å². The molecule has 4 rings (SSSR count). The van der Waals surface area contributed by atoms with Gasteiger partial charge in [-0.2, -0.15) is 0 Å². The molecule has 33 heavy (non-hydrogen) atoms. The first kappa shape index (κ1) is 21.7. The largest absolute Gasteiger partial charge is 0.507 e. The lowest BCUT2D eigenvalue weighted by molar-refractivity contribution is 0.0702. The van der Waals surface area contributed by atoms with E-state index in [0.29, 0.717) is 21.7 Å². The van der Waals surface area contributed by atoms with Crippen LogP contribution in [0.2, 0.25) is 0 Å². The van der Waals surface area contributed by atoms with Gasteiger partial charge in [0.15, 0.2) is 0 Å². The molecule has 0 spiro atoms. The summed E-state index contributed by atoms with van der Waals surface area (Å²) in [5.74, 6) is -2.16. The van der Waals surface area contributed by atoms with Crippen molar-refractivity contribution in [2.75, 3.05) is 5.32 Å². The summed E-state index contributed by atoms with van der Waals surface area (Å²) < 4.78 is 0. The molecule has 8 nitrogen and oxygen atoms in total. The first-order valence-corrected chi connectivity index (χ1v) is 10.4. The third-order valence-electron chi connectivity index (χ3n) is 4.86. The van der Waals surface area contributed by atoms with Gasteiger partial charge >= 0.3 is 5.97 Å². The summed E-state index contributed by atoms with van der Waals surface area (Å²) in [4.78, 5) is 35.8. The van der Waals surface area contributed by atoms with Crippen molar-refractivity contribution < 1.29 is 24.9 Å². The number of anilines is 1. The van der Waals surface area contributed by atoms with E-state index in [-0.39, 0.29) is 33.2 Å². The van der Waals surface area contributed by atoms with E-state index < -0.39 is 11.9 Å². The number of carboxylic acids is 1. The van der Waals surface area contributed by atoms with Crippen molar-refractivity contribution in [2.24, 2.45) is 5.18 Å². The summed E-state index contributed by atoms with van der Waals surface area (Å²) in [5, 5.41) is 35.2. The molecule has 9 heteroatoms. The molecule has 0 saturated carbocycles. The Morgan fingerprint density at radius 2 is 1.61 bits per heavy atom. The van der Waals surface area contributed by atoms with Crippen molar-refractivity contribution in [3.05, 3.63) is 88.1 Å². The number of carbonyl (C=O) groups excluding carboxylic acids is 1. The minimum Gasteiger partial charge on any atom is -0.507 e. The number of thiophene rings is 1. The van der Waals surface area contributed by atoms with Gasteiger partial charge in [0, 0.05) is 33.8 Å². The number of nitroso groups, excluding NO2 is 1. The molecule has 1 heterocycles. The Bertz CT molecular complexity index is 1370. The van der Waals surface area contributed by atoms with Gasteiger partial charge in [-0.3, -0.25) is 4.79 Å². The number of carbonyl (C=O) groups is 2. The van der Waals surface area contributed by atoms with E-state index in [4.69, 9.17) is 0 Å². The minimum atomic E-state index is -1.02. The average molecular weight is 460 g/mol. The maximum atomic E-state index is 13.0. The first-order chi connectivity index (χ1) is 15.9. The highest BCUT2D eigenvalue weighted by Crippen LogP contribution is 2.41. The van der Waals surface area contributed by atoms with Crippen molar-refractivity contribution in [1.29, 1.82) is 0 Å². The topological polar surface area (TPSA) is 136 Å². The number of aromatic hydroxyl groups is 2. The number of carboxylic acid groups (broad SMARTS) is 1. The number of hydrogen-bond acceptors (Lipinski definition) is 7. The van der Waals surface area contributed by atoms with Gasteiger partial charge in [-0.1, -0.05) is 30.3 Å². The number of nitrogens with zero attached hydrogens (tertiary/aromatic N) is 1. The van der Waals surface area contributed by atoms with E-state index in [2.05, 4.69) is 10.5 Å². The zero-order valence-corrected chi connectivity index (χ0v) is 17.7. The summed E-state index contributed by atoms with van der Waals surface area (Å²) in [7, 11) is 0. The molecule has 1 aromatic heterocycles. The molecular weight excluding hydrogens is 444 g/mol. The fourth-order valence-electron chi connectivity index (χ4n) is 3.36. The number of phenols is 2. The molecular formula is C24H16N2O6S. The third kappa shape index (κ3) is 4.43. The molecule has 0 atom stereocenters. The number of phenolic OH excluding ortho intramolecular Hbond substituents is 2. The second-order valence-corrected chi connectivity index (χ2v) is 8.08. The van der Waals surface area contributed by atoms with Crippen molar-refractivity contribution in [3.8, 4) is 33.1 Å². The maximum absolute atomic E-state index is 13.0. The lowest BCUT2D eigenvalue weighted by atomic mass is 10.00. The van der Waals surface area contributed by atoms with Gasteiger partial charge in [0.05, 0.1) is 5.56 Å². The highest BCUT2D eigenvalue weighted by Gasteiger charge is 2.17. The summed E-state index contributed by atoms with van der Waals surface area (Å²) >= 11 is 1.10. The van der Waals surface area contributed by atoms with E-state index in [0.717, 1.165) is 23.5 Å².